The number of ether oxygens (including phenoxy) is 1. The number of carbonyl (C=O) groups is 2. The Kier molecular flexibility index (Phi) is 5.25. The third kappa shape index (κ3) is 3.93. The molecule has 1 aromatic carbocycles. The fourth-order valence-electron chi connectivity index (χ4n) is 4.82. The molecule has 1 saturated heterocycles. The maximum Gasteiger partial charge on any atom is 0.251 e. The molecule has 2 amide bonds. The van der Waals surface area contributed by atoms with E-state index in [9.17, 15) is 9.59 Å². The average Bonchev–Trinajstić information content (AvgIpc) is 3.42. The van der Waals surface area contributed by atoms with Crippen molar-refractivity contribution in [3.8, 4) is 0 Å². The van der Waals surface area contributed by atoms with Crippen LogP contribution in [0.1, 0.15) is 54.4 Å². The fraction of sp³-hybridized carbons (Fsp3) is 0.619. The predicted octanol–water partition coefficient (Wildman–Crippen LogP) is 2.65. The van der Waals surface area contributed by atoms with Crippen LogP contribution < -0.4 is 10.6 Å². The van der Waals surface area contributed by atoms with Crippen molar-refractivity contribution in [1.82, 2.24) is 10.6 Å². The van der Waals surface area contributed by atoms with Crippen molar-refractivity contribution in [3.63, 3.8) is 0 Å². The summed E-state index contributed by atoms with van der Waals surface area (Å²) in [7, 11) is 0. The maximum absolute atomic E-state index is 12.5. The van der Waals surface area contributed by atoms with Gasteiger partial charge in [-0.1, -0.05) is 18.6 Å². The minimum atomic E-state index is -0.0817. The van der Waals surface area contributed by atoms with Gasteiger partial charge in [0.1, 0.15) is 0 Å². The van der Waals surface area contributed by atoms with E-state index in [2.05, 4.69) is 10.6 Å². The first-order valence-electron chi connectivity index (χ1n) is 9.95. The first-order valence-corrected chi connectivity index (χ1v) is 9.95. The molecule has 1 aliphatic heterocycles. The molecule has 5 heteroatoms. The monoisotopic (exact) mass is 356 g/mol. The Balaban J connectivity index is 1.28. The van der Waals surface area contributed by atoms with Crippen LogP contribution in [0.2, 0.25) is 0 Å². The highest BCUT2D eigenvalue weighted by Gasteiger charge is 2.42. The molecule has 4 rings (SSSR count). The lowest BCUT2D eigenvalue weighted by molar-refractivity contribution is -0.126. The van der Waals surface area contributed by atoms with E-state index in [-0.39, 0.29) is 23.8 Å². The van der Waals surface area contributed by atoms with Crippen LogP contribution in [0.4, 0.5) is 0 Å². The molecule has 2 saturated carbocycles. The molecule has 2 aliphatic carbocycles. The molecule has 3 fully saturated rings. The van der Waals surface area contributed by atoms with Crippen molar-refractivity contribution in [2.75, 3.05) is 13.2 Å². The number of fused-ring (bicyclic) bond motifs is 2. The Labute approximate surface area is 154 Å². The average molecular weight is 356 g/mol. The molecule has 0 radical (unpaired) electrons. The first-order chi connectivity index (χ1) is 12.7. The van der Waals surface area contributed by atoms with E-state index in [1.54, 1.807) is 0 Å². The van der Waals surface area contributed by atoms with Gasteiger partial charge in [0.15, 0.2) is 0 Å². The van der Waals surface area contributed by atoms with Crippen molar-refractivity contribution in [1.29, 1.82) is 0 Å². The van der Waals surface area contributed by atoms with E-state index < -0.39 is 0 Å². The number of hydrogen-bond acceptors (Lipinski definition) is 3. The van der Waals surface area contributed by atoms with E-state index >= 15 is 0 Å². The van der Waals surface area contributed by atoms with Gasteiger partial charge in [-0.25, -0.2) is 0 Å². The van der Waals surface area contributed by atoms with Crippen molar-refractivity contribution in [2.45, 2.75) is 51.2 Å². The quantitative estimate of drug-likeness (QED) is 0.823. The van der Waals surface area contributed by atoms with E-state index in [1.165, 1.54) is 19.3 Å². The maximum atomic E-state index is 12.5. The van der Waals surface area contributed by atoms with Crippen LogP contribution in [0.15, 0.2) is 24.3 Å². The Morgan fingerprint density at radius 1 is 1.12 bits per heavy atom. The zero-order valence-electron chi connectivity index (χ0n) is 15.2. The number of carbonyl (C=O) groups excluding carboxylic acids is 2. The first kappa shape index (κ1) is 17.5. The van der Waals surface area contributed by atoms with Crippen molar-refractivity contribution < 1.29 is 14.3 Å². The molecular weight excluding hydrogens is 328 g/mol. The fourth-order valence-corrected chi connectivity index (χ4v) is 4.82. The van der Waals surface area contributed by atoms with E-state index in [0.29, 0.717) is 24.6 Å². The van der Waals surface area contributed by atoms with Gasteiger partial charge in [0.25, 0.3) is 5.91 Å². The summed E-state index contributed by atoms with van der Waals surface area (Å²) < 4.78 is 5.54. The van der Waals surface area contributed by atoms with Gasteiger partial charge in [-0.2, -0.15) is 0 Å². The number of rotatable bonds is 6. The van der Waals surface area contributed by atoms with Gasteiger partial charge >= 0.3 is 0 Å². The molecular formula is C21H28N2O3. The normalized spacial score (nSPS) is 29.7. The van der Waals surface area contributed by atoms with Gasteiger partial charge in [-0.05, 0) is 61.6 Å². The molecule has 4 atom stereocenters. The number of hydrogen-bond donors (Lipinski definition) is 2. The largest absolute Gasteiger partial charge is 0.376 e. The topological polar surface area (TPSA) is 67.4 Å². The highest BCUT2D eigenvalue weighted by Crippen LogP contribution is 2.48. The Morgan fingerprint density at radius 2 is 2.04 bits per heavy atom. The Morgan fingerprint density at radius 3 is 2.77 bits per heavy atom. The third-order valence-corrected chi connectivity index (χ3v) is 6.25. The second-order valence-electron chi connectivity index (χ2n) is 8.04. The van der Waals surface area contributed by atoms with Gasteiger partial charge in [-0.3, -0.25) is 9.59 Å². The molecule has 0 unspecified atom stereocenters. The lowest BCUT2D eigenvalue weighted by Crippen LogP contribution is -2.33. The van der Waals surface area contributed by atoms with Crippen molar-refractivity contribution >= 4 is 11.8 Å². The molecule has 2 bridgehead atoms. The smallest absolute Gasteiger partial charge is 0.251 e. The van der Waals surface area contributed by atoms with Crippen molar-refractivity contribution in [3.05, 3.63) is 35.4 Å². The second-order valence-corrected chi connectivity index (χ2v) is 8.04. The summed E-state index contributed by atoms with van der Waals surface area (Å²) >= 11 is 0. The minimum absolute atomic E-state index is 0.0817. The zero-order chi connectivity index (χ0) is 17.9. The predicted molar refractivity (Wildman–Crippen MR) is 98.5 cm³/mol. The van der Waals surface area contributed by atoms with Crippen LogP contribution in [0.3, 0.4) is 0 Å². The summed E-state index contributed by atoms with van der Waals surface area (Å²) in [6.07, 6.45) is 7.03. The lowest BCUT2D eigenvalue weighted by Gasteiger charge is -2.20. The molecule has 3 aliphatic rings. The summed E-state index contributed by atoms with van der Waals surface area (Å²) in [5, 5.41) is 6.02. The number of amides is 2. The standard InChI is InChI=1S/C21H28N2O3/c24-20(23-13-18-5-2-8-26-18)17-4-1-3-15(10-17)12-22-21(25)19-11-14-6-7-16(19)9-14/h1,3-4,10,14,16,18-19H,2,5-9,11-13H2,(H,22,25)(H,23,24)/t14-,16-,18-,19+/m0/s1. The van der Waals surface area contributed by atoms with Crippen molar-refractivity contribution in [2.24, 2.45) is 17.8 Å². The van der Waals surface area contributed by atoms with E-state index in [1.807, 2.05) is 24.3 Å². The zero-order valence-corrected chi connectivity index (χ0v) is 15.2. The Bertz CT molecular complexity index is 669. The summed E-state index contributed by atoms with van der Waals surface area (Å²) in [6, 6.07) is 7.51. The number of nitrogens with one attached hydrogen (secondary N) is 2. The lowest BCUT2D eigenvalue weighted by atomic mass is 9.88. The molecule has 1 heterocycles. The molecule has 2 N–H and O–H groups in total. The highest BCUT2D eigenvalue weighted by molar-refractivity contribution is 5.94. The van der Waals surface area contributed by atoms with Crippen LogP contribution in [0, 0.1) is 17.8 Å². The second kappa shape index (κ2) is 7.78. The van der Waals surface area contributed by atoms with Crippen LogP contribution in [0.25, 0.3) is 0 Å². The van der Waals surface area contributed by atoms with Crippen LogP contribution in [-0.4, -0.2) is 31.1 Å². The van der Waals surface area contributed by atoms with Crippen LogP contribution >= 0.6 is 0 Å². The van der Waals surface area contributed by atoms with Gasteiger partial charge in [0.05, 0.1) is 6.10 Å². The van der Waals surface area contributed by atoms with E-state index in [4.69, 9.17) is 4.74 Å². The third-order valence-electron chi connectivity index (χ3n) is 6.25. The highest BCUT2D eigenvalue weighted by atomic mass is 16.5. The van der Waals surface area contributed by atoms with Gasteiger partial charge < -0.3 is 15.4 Å². The summed E-state index contributed by atoms with van der Waals surface area (Å²) in [5.41, 5.74) is 1.60. The minimum Gasteiger partial charge on any atom is -0.376 e. The molecule has 5 nitrogen and oxygen atoms in total. The van der Waals surface area contributed by atoms with Crippen LogP contribution in [-0.2, 0) is 16.1 Å². The van der Waals surface area contributed by atoms with Gasteiger partial charge in [0.2, 0.25) is 5.91 Å². The summed E-state index contributed by atoms with van der Waals surface area (Å²) in [4.78, 5) is 24.8. The molecule has 140 valence electrons. The summed E-state index contributed by atoms with van der Waals surface area (Å²) in [6.45, 7) is 1.84. The summed E-state index contributed by atoms with van der Waals surface area (Å²) in [5.74, 6) is 1.67. The Hall–Kier alpha value is -1.88. The molecule has 0 spiro atoms. The molecule has 1 aromatic rings. The molecule has 26 heavy (non-hydrogen) atoms. The SMILES string of the molecule is O=C(NC[C@@H]1CCCO1)c1cccc(CNC(=O)[C@@H]2C[C@H]3CC[C@H]2C3)c1. The van der Waals surface area contributed by atoms with E-state index in [0.717, 1.165) is 37.4 Å². The number of benzene rings is 1. The van der Waals surface area contributed by atoms with Gasteiger partial charge in [0, 0.05) is 31.2 Å². The van der Waals surface area contributed by atoms with Crippen LogP contribution in [0.5, 0.6) is 0 Å². The molecule has 0 aromatic heterocycles. The van der Waals surface area contributed by atoms with Gasteiger partial charge in [-0.15, -0.1) is 0 Å².